The van der Waals surface area contributed by atoms with Gasteiger partial charge in [-0.05, 0) is 6.42 Å². The van der Waals surface area contributed by atoms with Crippen LogP contribution in [0.2, 0.25) is 0 Å². The molecule has 3 nitrogen and oxygen atoms in total. The predicted octanol–water partition coefficient (Wildman–Crippen LogP) is 0.302. The van der Waals surface area contributed by atoms with Gasteiger partial charge in [-0.2, -0.15) is 0 Å². The number of rotatable bonds is 4. The van der Waals surface area contributed by atoms with Crippen LogP contribution < -0.4 is 5.73 Å². The van der Waals surface area contributed by atoms with E-state index in [1.807, 2.05) is 6.92 Å². The van der Waals surface area contributed by atoms with Gasteiger partial charge in [-0.25, -0.2) is 0 Å². The van der Waals surface area contributed by atoms with Gasteiger partial charge in [0.25, 0.3) is 0 Å². The van der Waals surface area contributed by atoms with E-state index in [2.05, 4.69) is 4.74 Å². The highest BCUT2D eigenvalue weighted by molar-refractivity contribution is 4.25. The standard InChI is InChI=1S/C5H13NO2/c1-3-4-8-5(6)7-2/h5H,3-4,6H2,1-2H3. The molecule has 0 saturated carbocycles. The normalized spacial score (nSPS) is 13.9. The second-order valence-electron chi connectivity index (χ2n) is 1.47. The Kier molecular flexibility index (Phi) is 4.95. The molecule has 1 atom stereocenters. The fourth-order valence-corrected chi connectivity index (χ4v) is 0.302. The monoisotopic (exact) mass is 119 g/mol. The van der Waals surface area contributed by atoms with Crippen molar-refractivity contribution in [3.8, 4) is 0 Å². The number of methoxy groups -OCH3 is 1. The van der Waals surface area contributed by atoms with Gasteiger partial charge in [0.1, 0.15) is 0 Å². The summed E-state index contributed by atoms with van der Waals surface area (Å²) < 4.78 is 9.50. The van der Waals surface area contributed by atoms with Gasteiger partial charge in [-0.1, -0.05) is 6.92 Å². The van der Waals surface area contributed by atoms with Crippen molar-refractivity contribution in [3.05, 3.63) is 0 Å². The second kappa shape index (κ2) is 5.03. The SMILES string of the molecule is CCCOC(N)OC. The van der Waals surface area contributed by atoms with Crippen molar-refractivity contribution in [3.63, 3.8) is 0 Å². The summed E-state index contributed by atoms with van der Waals surface area (Å²) >= 11 is 0. The second-order valence-corrected chi connectivity index (χ2v) is 1.47. The van der Waals surface area contributed by atoms with Crippen LogP contribution in [0.15, 0.2) is 0 Å². The Labute approximate surface area is 49.8 Å². The number of ether oxygens (including phenoxy) is 2. The van der Waals surface area contributed by atoms with Gasteiger partial charge in [0.05, 0.1) is 6.61 Å². The zero-order valence-corrected chi connectivity index (χ0v) is 5.39. The highest BCUT2D eigenvalue weighted by atomic mass is 16.7. The molecule has 0 saturated heterocycles. The Balaban J connectivity index is 2.86. The summed E-state index contributed by atoms with van der Waals surface area (Å²) in [5.41, 5.74) is 5.21. The molecule has 0 rings (SSSR count). The van der Waals surface area contributed by atoms with Gasteiger partial charge < -0.3 is 9.47 Å². The Morgan fingerprint density at radius 3 is 2.62 bits per heavy atom. The summed E-state index contributed by atoms with van der Waals surface area (Å²) in [6, 6.07) is 0. The van der Waals surface area contributed by atoms with Crippen LogP contribution in [0.25, 0.3) is 0 Å². The van der Waals surface area contributed by atoms with E-state index in [4.69, 9.17) is 10.5 Å². The zero-order chi connectivity index (χ0) is 6.41. The molecule has 2 N–H and O–H groups in total. The smallest absolute Gasteiger partial charge is 0.213 e. The van der Waals surface area contributed by atoms with Crippen LogP contribution >= 0.6 is 0 Å². The molecule has 0 heterocycles. The summed E-state index contributed by atoms with van der Waals surface area (Å²) in [5, 5.41) is 0. The van der Waals surface area contributed by atoms with Crippen LogP contribution in [0.3, 0.4) is 0 Å². The minimum atomic E-state index is -0.546. The third kappa shape index (κ3) is 4.05. The molecule has 3 heteroatoms. The van der Waals surface area contributed by atoms with E-state index in [1.54, 1.807) is 0 Å². The van der Waals surface area contributed by atoms with Crippen LogP contribution in [0.1, 0.15) is 13.3 Å². The summed E-state index contributed by atoms with van der Waals surface area (Å²) in [5.74, 6) is 0. The highest BCUT2D eigenvalue weighted by Gasteiger charge is 1.94. The molecule has 50 valence electrons. The van der Waals surface area contributed by atoms with Gasteiger partial charge in [0.15, 0.2) is 0 Å². The minimum absolute atomic E-state index is 0.546. The van der Waals surface area contributed by atoms with Gasteiger partial charge in [-0.15, -0.1) is 0 Å². The number of nitrogens with two attached hydrogens (primary N) is 1. The van der Waals surface area contributed by atoms with E-state index in [0.717, 1.165) is 6.42 Å². The van der Waals surface area contributed by atoms with Crippen molar-refractivity contribution in [2.45, 2.75) is 19.8 Å². The van der Waals surface area contributed by atoms with Gasteiger partial charge in [-0.3, -0.25) is 5.73 Å². The summed E-state index contributed by atoms with van der Waals surface area (Å²) in [6.07, 6.45) is 0.423. The first-order valence-electron chi connectivity index (χ1n) is 2.71. The summed E-state index contributed by atoms with van der Waals surface area (Å²) in [7, 11) is 1.51. The van der Waals surface area contributed by atoms with Crippen LogP contribution in [0, 0.1) is 0 Å². The van der Waals surface area contributed by atoms with E-state index in [1.165, 1.54) is 7.11 Å². The first kappa shape index (κ1) is 7.88. The fraction of sp³-hybridized carbons (Fsp3) is 1.00. The molecule has 0 radical (unpaired) electrons. The number of hydrogen-bond acceptors (Lipinski definition) is 3. The first-order valence-corrected chi connectivity index (χ1v) is 2.71. The van der Waals surface area contributed by atoms with Gasteiger partial charge in [0.2, 0.25) is 6.41 Å². The van der Waals surface area contributed by atoms with E-state index in [0.29, 0.717) is 6.61 Å². The Bertz CT molecular complexity index is 49.7. The van der Waals surface area contributed by atoms with Crippen molar-refractivity contribution in [2.24, 2.45) is 5.73 Å². The molecular formula is C5H13NO2. The third-order valence-electron chi connectivity index (χ3n) is 0.719. The zero-order valence-electron chi connectivity index (χ0n) is 5.39. The Hall–Kier alpha value is -0.120. The lowest BCUT2D eigenvalue weighted by Gasteiger charge is -2.08. The fourth-order valence-electron chi connectivity index (χ4n) is 0.302. The molecule has 1 unspecified atom stereocenters. The van der Waals surface area contributed by atoms with Crippen LogP contribution in [0.4, 0.5) is 0 Å². The largest absolute Gasteiger partial charge is 0.343 e. The van der Waals surface area contributed by atoms with Crippen molar-refractivity contribution < 1.29 is 9.47 Å². The molecule has 0 amide bonds. The van der Waals surface area contributed by atoms with E-state index < -0.39 is 6.41 Å². The van der Waals surface area contributed by atoms with Crippen LogP contribution in [0.5, 0.6) is 0 Å². The Morgan fingerprint density at radius 1 is 1.62 bits per heavy atom. The lowest BCUT2D eigenvalue weighted by molar-refractivity contribution is -0.118. The molecule has 0 aromatic rings. The van der Waals surface area contributed by atoms with Gasteiger partial charge in [0, 0.05) is 7.11 Å². The summed E-state index contributed by atoms with van der Waals surface area (Å²) in [6.45, 7) is 2.68. The van der Waals surface area contributed by atoms with Crippen molar-refractivity contribution >= 4 is 0 Å². The topological polar surface area (TPSA) is 44.5 Å². The molecule has 0 spiro atoms. The molecule has 0 aliphatic rings. The molecular weight excluding hydrogens is 106 g/mol. The number of hydrogen-bond donors (Lipinski definition) is 1. The van der Waals surface area contributed by atoms with Crippen LogP contribution in [-0.4, -0.2) is 20.1 Å². The molecule has 8 heavy (non-hydrogen) atoms. The molecule has 0 bridgehead atoms. The maximum atomic E-state index is 5.21. The van der Waals surface area contributed by atoms with Crippen molar-refractivity contribution in [2.75, 3.05) is 13.7 Å². The molecule has 0 aliphatic heterocycles. The molecule has 0 aliphatic carbocycles. The minimum Gasteiger partial charge on any atom is -0.343 e. The lowest BCUT2D eigenvalue weighted by Crippen LogP contribution is -2.25. The van der Waals surface area contributed by atoms with E-state index >= 15 is 0 Å². The van der Waals surface area contributed by atoms with E-state index in [-0.39, 0.29) is 0 Å². The average molecular weight is 119 g/mol. The maximum Gasteiger partial charge on any atom is 0.213 e. The predicted molar refractivity (Wildman–Crippen MR) is 31.2 cm³/mol. The third-order valence-corrected chi connectivity index (χ3v) is 0.719. The molecule has 0 aromatic heterocycles. The summed E-state index contributed by atoms with van der Waals surface area (Å²) in [4.78, 5) is 0. The Morgan fingerprint density at radius 2 is 2.25 bits per heavy atom. The van der Waals surface area contributed by atoms with Gasteiger partial charge >= 0.3 is 0 Å². The van der Waals surface area contributed by atoms with Crippen molar-refractivity contribution in [1.29, 1.82) is 0 Å². The quantitative estimate of drug-likeness (QED) is 0.541. The van der Waals surface area contributed by atoms with Crippen LogP contribution in [-0.2, 0) is 9.47 Å². The van der Waals surface area contributed by atoms with E-state index in [9.17, 15) is 0 Å². The first-order chi connectivity index (χ1) is 3.81. The lowest BCUT2D eigenvalue weighted by atomic mass is 10.5. The average Bonchev–Trinajstić information content (AvgIpc) is 1.83. The molecule has 0 fully saturated rings. The highest BCUT2D eigenvalue weighted by Crippen LogP contribution is 1.84. The maximum absolute atomic E-state index is 5.21. The van der Waals surface area contributed by atoms with Crippen molar-refractivity contribution in [1.82, 2.24) is 0 Å². The molecule has 0 aromatic carbocycles.